The third-order valence-electron chi connectivity index (χ3n) is 4.38. The zero-order valence-corrected chi connectivity index (χ0v) is 14.2. The predicted molar refractivity (Wildman–Crippen MR) is 92.6 cm³/mol. The second kappa shape index (κ2) is 7.83. The molecule has 0 aliphatic carbocycles. The molecule has 7 heteroatoms. The molecule has 1 saturated heterocycles. The number of hydrogen-bond acceptors (Lipinski definition) is 4. The molecule has 0 radical (unpaired) electrons. The van der Waals surface area contributed by atoms with Gasteiger partial charge < -0.3 is 14.6 Å². The summed E-state index contributed by atoms with van der Waals surface area (Å²) in [6.07, 6.45) is 9.83. The average molecular weight is 342 g/mol. The van der Waals surface area contributed by atoms with Crippen LogP contribution in [0.3, 0.4) is 0 Å². The lowest BCUT2D eigenvalue weighted by Gasteiger charge is -2.31. The standard InChI is InChI=1S/C18H22N4O3/c1-21-13-15(12-20-21)18(24)19-11-14-6-8-22(9-7-14)17(23)5-4-16-3-2-10-25-16/h2-5,10,12-14H,6-9,11H2,1H3,(H,19,24). The summed E-state index contributed by atoms with van der Waals surface area (Å²) in [5, 5.41) is 6.94. The van der Waals surface area contributed by atoms with E-state index in [1.54, 1.807) is 54.7 Å². The van der Waals surface area contributed by atoms with E-state index in [1.807, 2.05) is 4.90 Å². The van der Waals surface area contributed by atoms with E-state index < -0.39 is 0 Å². The van der Waals surface area contributed by atoms with Gasteiger partial charge in [-0.05, 0) is 37.0 Å². The first-order valence-electron chi connectivity index (χ1n) is 8.39. The molecule has 0 bridgehead atoms. The monoisotopic (exact) mass is 342 g/mol. The Morgan fingerprint density at radius 3 is 2.84 bits per heavy atom. The summed E-state index contributed by atoms with van der Waals surface area (Å²) in [4.78, 5) is 26.0. The summed E-state index contributed by atoms with van der Waals surface area (Å²) in [6, 6.07) is 3.59. The minimum atomic E-state index is -0.104. The largest absolute Gasteiger partial charge is 0.465 e. The molecule has 132 valence electrons. The predicted octanol–water partition coefficient (Wildman–Crippen LogP) is 1.69. The van der Waals surface area contributed by atoms with Gasteiger partial charge in [-0.2, -0.15) is 5.10 Å². The molecular weight excluding hydrogens is 320 g/mol. The molecule has 2 amide bonds. The molecule has 2 aromatic heterocycles. The number of piperidine rings is 1. The molecule has 3 heterocycles. The highest BCUT2D eigenvalue weighted by Crippen LogP contribution is 2.17. The van der Waals surface area contributed by atoms with E-state index in [0.29, 0.717) is 36.9 Å². The Hall–Kier alpha value is -2.83. The van der Waals surface area contributed by atoms with Gasteiger partial charge in [0, 0.05) is 39.0 Å². The first kappa shape index (κ1) is 17.0. The number of rotatable bonds is 5. The molecule has 0 unspecified atom stereocenters. The molecule has 0 atom stereocenters. The fourth-order valence-electron chi connectivity index (χ4n) is 2.88. The van der Waals surface area contributed by atoms with Gasteiger partial charge in [-0.3, -0.25) is 14.3 Å². The molecule has 3 rings (SSSR count). The number of aryl methyl sites for hydroxylation is 1. The van der Waals surface area contributed by atoms with Gasteiger partial charge in [0.25, 0.3) is 5.91 Å². The van der Waals surface area contributed by atoms with E-state index in [0.717, 1.165) is 12.8 Å². The van der Waals surface area contributed by atoms with Crippen LogP contribution in [-0.4, -0.2) is 46.1 Å². The van der Waals surface area contributed by atoms with Crippen molar-refractivity contribution in [3.8, 4) is 0 Å². The van der Waals surface area contributed by atoms with Gasteiger partial charge in [-0.1, -0.05) is 0 Å². The number of nitrogens with one attached hydrogen (secondary N) is 1. The van der Waals surface area contributed by atoms with Crippen molar-refractivity contribution in [1.29, 1.82) is 0 Å². The van der Waals surface area contributed by atoms with Gasteiger partial charge in [0.15, 0.2) is 0 Å². The van der Waals surface area contributed by atoms with E-state index in [1.165, 1.54) is 0 Å². The van der Waals surface area contributed by atoms with Gasteiger partial charge in [0.2, 0.25) is 5.91 Å². The van der Waals surface area contributed by atoms with Crippen molar-refractivity contribution >= 4 is 17.9 Å². The smallest absolute Gasteiger partial charge is 0.254 e. The average Bonchev–Trinajstić information content (AvgIpc) is 3.29. The molecule has 0 aromatic carbocycles. The van der Waals surface area contributed by atoms with Crippen LogP contribution in [0.2, 0.25) is 0 Å². The molecule has 25 heavy (non-hydrogen) atoms. The fourth-order valence-corrected chi connectivity index (χ4v) is 2.88. The van der Waals surface area contributed by atoms with E-state index in [4.69, 9.17) is 4.42 Å². The number of carbonyl (C=O) groups excluding carboxylic acids is 2. The molecule has 1 aliphatic rings. The van der Waals surface area contributed by atoms with Crippen LogP contribution in [0.1, 0.15) is 29.0 Å². The quantitative estimate of drug-likeness (QED) is 0.839. The van der Waals surface area contributed by atoms with Crippen LogP contribution in [0, 0.1) is 5.92 Å². The second-order valence-electron chi connectivity index (χ2n) is 6.23. The third kappa shape index (κ3) is 4.59. The number of furan rings is 1. The zero-order chi connectivity index (χ0) is 17.6. The summed E-state index contributed by atoms with van der Waals surface area (Å²) in [5.41, 5.74) is 0.568. The maximum absolute atomic E-state index is 12.2. The molecule has 2 aromatic rings. The maximum Gasteiger partial charge on any atom is 0.254 e. The van der Waals surface area contributed by atoms with Crippen molar-refractivity contribution in [3.63, 3.8) is 0 Å². The number of hydrogen-bond donors (Lipinski definition) is 1. The maximum atomic E-state index is 12.2. The summed E-state index contributed by atoms with van der Waals surface area (Å²) in [5.74, 6) is 0.947. The van der Waals surface area contributed by atoms with Crippen LogP contribution < -0.4 is 5.32 Å². The first-order valence-corrected chi connectivity index (χ1v) is 8.39. The van der Waals surface area contributed by atoms with E-state index in [2.05, 4.69) is 10.4 Å². The van der Waals surface area contributed by atoms with E-state index in [-0.39, 0.29) is 11.8 Å². The van der Waals surface area contributed by atoms with Crippen LogP contribution >= 0.6 is 0 Å². The molecule has 1 N–H and O–H groups in total. The Labute approximate surface area is 146 Å². The Bertz CT molecular complexity index is 740. The van der Waals surface area contributed by atoms with Gasteiger partial charge in [0.1, 0.15) is 5.76 Å². The van der Waals surface area contributed by atoms with Crippen molar-refractivity contribution < 1.29 is 14.0 Å². The highest BCUT2D eigenvalue weighted by Gasteiger charge is 2.22. The number of aromatic nitrogens is 2. The van der Waals surface area contributed by atoms with Crippen molar-refractivity contribution in [2.24, 2.45) is 13.0 Å². The van der Waals surface area contributed by atoms with E-state index in [9.17, 15) is 9.59 Å². The zero-order valence-electron chi connectivity index (χ0n) is 14.2. The number of amides is 2. The SMILES string of the molecule is Cn1cc(C(=O)NCC2CCN(C(=O)C=Cc3ccco3)CC2)cn1. The highest BCUT2D eigenvalue weighted by molar-refractivity contribution is 5.93. The number of likely N-dealkylation sites (tertiary alicyclic amines) is 1. The normalized spacial score (nSPS) is 15.6. The van der Waals surface area contributed by atoms with Crippen molar-refractivity contribution in [2.45, 2.75) is 12.8 Å². The Kier molecular flexibility index (Phi) is 5.33. The number of nitrogens with zero attached hydrogens (tertiary/aromatic N) is 3. The summed E-state index contributed by atoms with van der Waals surface area (Å²) >= 11 is 0. The lowest BCUT2D eigenvalue weighted by atomic mass is 9.96. The first-order chi connectivity index (χ1) is 12.1. The summed E-state index contributed by atoms with van der Waals surface area (Å²) < 4.78 is 6.78. The molecule has 1 aliphatic heterocycles. The topological polar surface area (TPSA) is 80.4 Å². The van der Waals surface area contributed by atoms with Crippen molar-refractivity contribution in [1.82, 2.24) is 20.0 Å². The van der Waals surface area contributed by atoms with Gasteiger partial charge >= 0.3 is 0 Å². The summed E-state index contributed by atoms with van der Waals surface area (Å²) in [6.45, 7) is 2.03. The van der Waals surface area contributed by atoms with Gasteiger partial charge in [-0.25, -0.2) is 0 Å². The van der Waals surface area contributed by atoms with E-state index >= 15 is 0 Å². The van der Waals surface area contributed by atoms with Crippen LogP contribution in [0.4, 0.5) is 0 Å². The minimum Gasteiger partial charge on any atom is -0.465 e. The number of carbonyl (C=O) groups is 2. The molecular formula is C18H22N4O3. The Balaban J connectivity index is 1.41. The lowest BCUT2D eigenvalue weighted by Crippen LogP contribution is -2.40. The molecule has 0 spiro atoms. The van der Waals surface area contributed by atoms with Crippen molar-refractivity contribution in [2.75, 3.05) is 19.6 Å². The van der Waals surface area contributed by atoms with Crippen LogP contribution in [-0.2, 0) is 11.8 Å². The van der Waals surface area contributed by atoms with Crippen LogP contribution in [0.5, 0.6) is 0 Å². The van der Waals surface area contributed by atoms with Crippen LogP contribution in [0.15, 0.2) is 41.3 Å². The Morgan fingerprint density at radius 2 is 2.20 bits per heavy atom. The molecule has 0 saturated carbocycles. The highest BCUT2D eigenvalue weighted by atomic mass is 16.3. The minimum absolute atomic E-state index is 0.00533. The van der Waals surface area contributed by atoms with Crippen LogP contribution in [0.25, 0.3) is 6.08 Å². The van der Waals surface area contributed by atoms with Gasteiger partial charge in [0.05, 0.1) is 18.0 Å². The molecule has 1 fully saturated rings. The van der Waals surface area contributed by atoms with Crippen molar-refractivity contribution in [3.05, 3.63) is 48.2 Å². The Morgan fingerprint density at radius 1 is 1.40 bits per heavy atom. The summed E-state index contributed by atoms with van der Waals surface area (Å²) in [7, 11) is 1.78. The molecule has 7 nitrogen and oxygen atoms in total. The lowest BCUT2D eigenvalue weighted by molar-refractivity contribution is -0.127. The fraction of sp³-hybridized carbons (Fsp3) is 0.389. The van der Waals surface area contributed by atoms with Gasteiger partial charge in [-0.15, -0.1) is 0 Å². The second-order valence-corrected chi connectivity index (χ2v) is 6.23. The third-order valence-corrected chi connectivity index (χ3v) is 4.38.